The van der Waals surface area contributed by atoms with Gasteiger partial charge in [-0.25, -0.2) is 9.37 Å². The van der Waals surface area contributed by atoms with E-state index in [0.717, 1.165) is 17.0 Å². The van der Waals surface area contributed by atoms with E-state index in [9.17, 15) is 4.39 Å². The van der Waals surface area contributed by atoms with Crippen LogP contribution in [0.3, 0.4) is 0 Å². The minimum atomic E-state index is -0.288. The highest BCUT2D eigenvalue weighted by Gasteiger charge is 2.18. The van der Waals surface area contributed by atoms with Crippen LogP contribution in [0.4, 0.5) is 4.39 Å². The molecule has 0 bridgehead atoms. The molecule has 1 aromatic carbocycles. The third-order valence-electron chi connectivity index (χ3n) is 2.95. The molecule has 0 amide bonds. The van der Waals surface area contributed by atoms with Gasteiger partial charge in [0.15, 0.2) is 0 Å². The molecular formula is C13H17FN4S. The lowest BCUT2D eigenvalue weighted by molar-refractivity contribution is 0.529. The molecule has 1 aromatic heterocycles. The first kappa shape index (κ1) is 14.0. The Labute approximate surface area is 115 Å². The van der Waals surface area contributed by atoms with Crippen molar-refractivity contribution in [3.05, 3.63) is 46.5 Å². The van der Waals surface area contributed by atoms with Gasteiger partial charge in [0.2, 0.25) is 0 Å². The summed E-state index contributed by atoms with van der Waals surface area (Å²) in [6, 6.07) is 6.02. The van der Waals surface area contributed by atoms with Crippen molar-refractivity contribution in [2.45, 2.75) is 31.8 Å². The van der Waals surface area contributed by atoms with Crippen molar-refractivity contribution in [3.63, 3.8) is 0 Å². The highest BCUT2D eigenvalue weighted by atomic mass is 32.1. The summed E-state index contributed by atoms with van der Waals surface area (Å²) < 4.78 is 17.3. The van der Waals surface area contributed by atoms with Gasteiger partial charge in [-0.2, -0.15) is 4.37 Å². The Hall–Kier alpha value is -1.37. The van der Waals surface area contributed by atoms with Crippen molar-refractivity contribution >= 4 is 11.5 Å². The Bertz CT molecular complexity index is 543. The summed E-state index contributed by atoms with van der Waals surface area (Å²) in [5.41, 5.74) is 12.7. The van der Waals surface area contributed by atoms with Crippen LogP contribution in [0.25, 0.3) is 0 Å². The first-order valence-corrected chi connectivity index (χ1v) is 6.95. The molecule has 1 heterocycles. The average Bonchev–Trinajstić information content (AvgIpc) is 2.85. The molecule has 102 valence electrons. The maximum atomic E-state index is 13.1. The maximum Gasteiger partial charge on any atom is 0.147 e. The molecule has 0 aliphatic heterocycles. The lowest BCUT2D eigenvalue weighted by atomic mass is 10.1. The topological polar surface area (TPSA) is 77.8 Å². The Kier molecular flexibility index (Phi) is 4.57. The molecule has 4 N–H and O–H groups in total. The zero-order valence-corrected chi connectivity index (χ0v) is 11.5. The third-order valence-corrected chi connectivity index (χ3v) is 3.81. The predicted molar refractivity (Wildman–Crippen MR) is 74.3 cm³/mol. The zero-order chi connectivity index (χ0) is 13.8. The quantitative estimate of drug-likeness (QED) is 0.878. The SMILES string of the molecule is CCC(N)[C@@H](N)c1nc(Cc2cccc(F)c2)ns1. The van der Waals surface area contributed by atoms with Crippen LogP contribution in [0, 0.1) is 5.82 Å². The van der Waals surface area contributed by atoms with E-state index in [4.69, 9.17) is 11.5 Å². The van der Waals surface area contributed by atoms with Gasteiger partial charge in [0.25, 0.3) is 0 Å². The molecule has 0 saturated carbocycles. The third kappa shape index (κ3) is 3.56. The predicted octanol–water partition coefficient (Wildman–Crippen LogP) is 2.01. The van der Waals surface area contributed by atoms with Crippen LogP contribution in [0.15, 0.2) is 24.3 Å². The van der Waals surface area contributed by atoms with Gasteiger partial charge in [-0.1, -0.05) is 19.1 Å². The fourth-order valence-electron chi connectivity index (χ4n) is 1.74. The van der Waals surface area contributed by atoms with Crippen LogP contribution in [-0.2, 0) is 6.42 Å². The van der Waals surface area contributed by atoms with Crippen molar-refractivity contribution in [3.8, 4) is 0 Å². The first-order valence-electron chi connectivity index (χ1n) is 6.18. The molecule has 0 saturated heterocycles. The van der Waals surface area contributed by atoms with Crippen molar-refractivity contribution in [2.75, 3.05) is 0 Å². The van der Waals surface area contributed by atoms with Crippen LogP contribution in [-0.4, -0.2) is 15.4 Å². The van der Waals surface area contributed by atoms with E-state index >= 15 is 0 Å². The van der Waals surface area contributed by atoms with E-state index in [1.165, 1.54) is 23.7 Å². The van der Waals surface area contributed by atoms with Crippen LogP contribution >= 0.6 is 11.5 Å². The molecule has 0 spiro atoms. The number of aromatic nitrogens is 2. The largest absolute Gasteiger partial charge is 0.326 e. The lowest BCUT2D eigenvalue weighted by Gasteiger charge is -2.14. The number of hydrogen-bond donors (Lipinski definition) is 2. The van der Waals surface area contributed by atoms with Crippen molar-refractivity contribution < 1.29 is 4.39 Å². The summed E-state index contributed by atoms with van der Waals surface area (Å²) in [6.45, 7) is 1.99. The van der Waals surface area contributed by atoms with E-state index in [-0.39, 0.29) is 17.9 Å². The lowest BCUT2D eigenvalue weighted by Crippen LogP contribution is -2.33. The average molecular weight is 280 g/mol. The molecule has 2 rings (SSSR count). The highest BCUT2D eigenvalue weighted by molar-refractivity contribution is 7.05. The van der Waals surface area contributed by atoms with E-state index in [1.54, 1.807) is 6.07 Å². The van der Waals surface area contributed by atoms with E-state index in [1.807, 2.05) is 13.0 Å². The molecule has 4 nitrogen and oxygen atoms in total. The Morgan fingerprint density at radius 2 is 2.16 bits per heavy atom. The van der Waals surface area contributed by atoms with Crippen LogP contribution in [0.2, 0.25) is 0 Å². The summed E-state index contributed by atoms with van der Waals surface area (Å²) in [5, 5.41) is 0.737. The van der Waals surface area contributed by atoms with Gasteiger partial charge in [-0.3, -0.25) is 0 Å². The first-order chi connectivity index (χ1) is 9.10. The summed E-state index contributed by atoms with van der Waals surface area (Å²) in [4.78, 5) is 4.38. The summed E-state index contributed by atoms with van der Waals surface area (Å²) >= 11 is 1.26. The molecule has 1 unspecified atom stereocenters. The molecule has 0 radical (unpaired) electrons. The summed E-state index contributed by atoms with van der Waals surface area (Å²) in [7, 11) is 0. The molecule has 0 fully saturated rings. The second-order valence-electron chi connectivity index (χ2n) is 4.45. The molecular weight excluding hydrogens is 263 g/mol. The Morgan fingerprint density at radius 3 is 2.84 bits per heavy atom. The fraction of sp³-hybridized carbons (Fsp3) is 0.385. The maximum absolute atomic E-state index is 13.1. The van der Waals surface area contributed by atoms with Gasteiger partial charge >= 0.3 is 0 Å². The van der Waals surface area contributed by atoms with Gasteiger partial charge in [0, 0.05) is 12.5 Å². The van der Waals surface area contributed by atoms with Crippen molar-refractivity contribution in [1.82, 2.24) is 9.36 Å². The molecule has 0 aliphatic carbocycles. The van der Waals surface area contributed by atoms with Gasteiger partial charge < -0.3 is 11.5 Å². The second kappa shape index (κ2) is 6.18. The van der Waals surface area contributed by atoms with Crippen LogP contribution in [0.5, 0.6) is 0 Å². The number of rotatable bonds is 5. The van der Waals surface area contributed by atoms with Crippen molar-refractivity contribution in [2.24, 2.45) is 11.5 Å². The molecule has 19 heavy (non-hydrogen) atoms. The van der Waals surface area contributed by atoms with E-state index in [2.05, 4.69) is 9.36 Å². The minimum absolute atomic E-state index is 0.116. The molecule has 6 heteroatoms. The number of benzene rings is 1. The Balaban J connectivity index is 2.09. The second-order valence-corrected chi connectivity index (χ2v) is 5.24. The van der Waals surface area contributed by atoms with Gasteiger partial charge in [-0.15, -0.1) is 0 Å². The molecule has 0 aliphatic rings. The number of nitrogens with two attached hydrogens (primary N) is 2. The summed E-state index contributed by atoms with van der Waals surface area (Å²) in [6.07, 6.45) is 1.29. The molecule has 2 aromatic rings. The highest BCUT2D eigenvalue weighted by Crippen LogP contribution is 2.18. The van der Waals surface area contributed by atoms with Crippen LogP contribution < -0.4 is 11.5 Å². The number of halogens is 1. The zero-order valence-electron chi connectivity index (χ0n) is 10.7. The van der Waals surface area contributed by atoms with Gasteiger partial charge in [-0.05, 0) is 35.6 Å². The number of nitrogens with zero attached hydrogens (tertiary/aromatic N) is 2. The fourth-order valence-corrected chi connectivity index (χ4v) is 2.49. The standard InChI is InChI=1S/C13H17FN4S/c1-2-10(15)12(16)13-17-11(18-19-13)7-8-4-3-5-9(14)6-8/h3-6,10,12H,2,7,15-16H2,1H3/t10?,12-/m1/s1. The van der Waals surface area contributed by atoms with Gasteiger partial charge in [0.05, 0.1) is 6.04 Å². The normalized spacial score (nSPS) is 14.3. The summed E-state index contributed by atoms with van der Waals surface area (Å²) in [5.74, 6) is 0.405. The van der Waals surface area contributed by atoms with Crippen LogP contribution in [0.1, 0.15) is 35.8 Å². The smallest absolute Gasteiger partial charge is 0.147 e. The van der Waals surface area contributed by atoms with Gasteiger partial charge in [0.1, 0.15) is 16.6 Å². The minimum Gasteiger partial charge on any atom is -0.326 e. The van der Waals surface area contributed by atoms with Crippen molar-refractivity contribution in [1.29, 1.82) is 0 Å². The van der Waals surface area contributed by atoms with E-state index in [0.29, 0.717) is 12.2 Å². The van der Waals surface area contributed by atoms with E-state index < -0.39 is 0 Å². The monoisotopic (exact) mass is 280 g/mol. The molecule has 2 atom stereocenters. The Morgan fingerprint density at radius 1 is 1.37 bits per heavy atom. The number of hydrogen-bond acceptors (Lipinski definition) is 5.